The van der Waals surface area contributed by atoms with E-state index >= 15 is 0 Å². The molecule has 0 fully saturated rings. The second-order valence-electron chi connectivity index (χ2n) is 7.43. The van der Waals surface area contributed by atoms with Crippen molar-refractivity contribution in [3.63, 3.8) is 0 Å². The number of rotatable bonds is 8. The first kappa shape index (κ1) is 22.1. The smallest absolute Gasteiger partial charge is 0.290 e. The number of ether oxygens (including phenoxy) is 2. The van der Waals surface area contributed by atoms with E-state index in [1.807, 2.05) is 6.07 Å². The van der Waals surface area contributed by atoms with E-state index in [9.17, 15) is 19.1 Å². The van der Waals surface area contributed by atoms with Crippen molar-refractivity contribution in [3.8, 4) is 11.5 Å². The topological polar surface area (TPSA) is 89.2 Å². The zero-order chi connectivity index (χ0) is 23.5. The number of halogens is 1. The quantitative estimate of drug-likeness (QED) is 0.515. The van der Waals surface area contributed by atoms with Gasteiger partial charge in [0, 0.05) is 12.1 Å². The minimum atomic E-state index is -1.10. The zero-order valence-electron chi connectivity index (χ0n) is 18.1. The van der Waals surface area contributed by atoms with Gasteiger partial charge in [-0.3, -0.25) is 9.59 Å². The third-order valence-corrected chi connectivity index (χ3v) is 5.58. The second-order valence-corrected chi connectivity index (χ2v) is 7.43. The van der Waals surface area contributed by atoms with Crippen LogP contribution in [0.5, 0.6) is 11.5 Å². The Labute approximate surface area is 189 Å². The standard InChI is InChI=1S/C25H22FNO6/c1-31-18-10-9-15(14-20(18)32-2)11-12-27-22(16-6-3-4-7-17(16)26)21(24(29)25(27)30)23(28)19-8-5-13-33-19/h3-10,13-14,22,29H,11-12H2,1-2H3. The minimum absolute atomic E-state index is 0.0487. The van der Waals surface area contributed by atoms with Gasteiger partial charge in [0.1, 0.15) is 5.82 Å². The molecule has 0 bridgehead atoms. The first-order valence-electron chi connectivity index (χ1n) is 10.2. The van der Waals surface area contributed by atoms with E-state index in [-0.39, 0.29) is 23.4 Å². The van der Waals surface area contributed by atoms with Crippen LogP contribution in [-0.2, 0) is 11.2 Å². The molecule has 0 spiro atoms. The van der Waals surface area contributed by atoms with E-state index in [0.29, 0.717) is 17.9 Å². The Bertz CT molecular complexity index is 1220. The first-order valence-corrected chi connectivity index (χ1v) is 10.2. The number of aliphatic hydroxyl groups excluding tert-OH is 1. The highest BCUT2D eigenvalue weighted by Gasteiger charge is 2.45. The van der Waals surface area contributed by atoms with E-state index in [1.54, 1.807) is 18.2 Å². The van der Waals surface area contributed by atoms with Crippen LogP contribution in [-0.4, -0.2) is 42.5 Å². The molecule has 1 N–H and O–H groups in total. The summed E-state index contributed by atoms with van der Waals surface area (Å²) in [6, 6.07) is 13.1. The van der Waals surface area contributed by atoms with Crippen molar-refractivity contribution < 1.29 is 33.0 Å². The van der Waals surface area contributed by atoms with Gasteiger partial charge < -0.3 is 23.9 Å². The Hall–Kier alpha value is -4.07. The third kappa shape index (κ3) is 4.07. The van der Waals surface area contributed by atoms with Gasteiger partial charge >= 0.3 is 0 Å². The number of carbonyl (C=O) groups excluding carboxylic acids is 2. The maximum absolute atomic E-state index is 14.8. The highest BCUT2D eigenvalue weighted by atomic mass is 19.1. The van der Waals surface area contributed by atoms with Crippen molar-refractivity contribution in [2.45, 2.75) is 12.5 Å². The van der Waals surface area contributed by atoms with Gasteiger partial charge in [-0.25, -0.2) is 4.39 Å². The van der Waals surface area contributed by atoms with Crippen LogP contribution in [0.15, 0.2) is 76.6 Å². The van der Waals surface area contributed by atoms with Crippen LogP contribution < -0.4 is 9.47 Å². The molecular weight excluding hydrogens is 429 g/mol. The molecule has 2 heterocycles. The van der Waals surface area contributed by atoms with E-state index in [4.69, 9.17) is 13.9 Å². The summed E-state index contributed by atoms with van der Waals surface area (Å²) in [6.45, 7) is 0.117. The summed E-state index contributed by atoms with van der Waals surface area (Å²) in [4.78, 5) is 27.4. The van der Waals surface area contributed by atoms with Crippen molar-refractivity contribution in [2.75, 3.05) is 20.8 Å². The Morgan fingerprint density at radius 1 is 1.09 bits per heavy atom. The van der Waals surface area contributed by atoms with Crippen LogP contribution in [0, 0.1) is 5.82 Å². The molecule has 170 valence electrons. The molecule has 7 nitrogen and oxygen atoms in total. The highest BCUT2D eigenvalue weighted by Crippen LogP contribution is 2.40. The molecule has 0 aliphatic carbocycles. The molecule has 1 aromatic heterocycles. The van der Waals surface area contributed by atoms with E-state index in [1.165, 1.54) is 55.7 Å². The lowest BCUT2D eigenvalue weighted by atomic mass is 9.94. The van der Waals surface area contributed by atoms with Crippen LogP contribution in [0.2, 0.25) is 0 Å². The molecule has 0 saturated heterocycles. The largest absolute Gasteiger partial charge is 0.503 e. The monoisotopic (exact) mass is 451 g/mol. The normalized spacial score (nSPS) is 15.8. The molecule has 1 unspecified atom stereocenters. The molecule has 3 aromatic rings. The van der Waals surface area contributed by atoms with Gasteiger partial charge in [0.2, 0.25) is 5.78 Å². The van der Waals surface area contributed by atoms with Crippen LogP contribution in [0.25, 0.3) is 0 Å². The molecule has 2 aromatic carbocycles. The Morgan fingerprint density at radius 2 is 1.85 bits per heavy atom. The number of benzene rings is 2. The van der Waals surface area contributed by atoms with E-state index in [2.05, 4.69) is 0 Å². The number of hydrogen-bond donors (Lipinski definition) is 1. The summed E-state index contributed by atoms with van der Waals surface area (Å²) in [6.07, 6.45) is 1.68. The molecule has 1 atom stereocenters. The number of carbonyl (C=O) groups is 2. The van der Waals surface area contributed by atoms with Gasteiger partial charge in [0.25, 0.3) is 5.91 Å². The molecule has 0 saturated carbocycles. The summed E-state index contributed by atoms with van der Waals surface area (Å²) in [5, 5.41) is 10.6. The number of ketones is 1. The predicted molar refractivity (Wildman–Crippen MR) is 117 cm³/mol. The molecular formula is C25H22FNO6. The summed E-state index contributed by atoms with van der Waals surface area (Å²) < 4.78 is 30.5. The zero-order valence-corrected chi connectivity index (χ0v) is 18.1. The van der Waals surface area contributed by atoms with Crippen LogP contribution in [0.3, 0.4) is 0 Å². The van der Waals surface area contributed by atoms with Crippen molar-refractivity contribution in [1.82, 2.24) is 4.90 Å². The lowest BCUT2D eigenvalue weighted by Gasteiger charge is -2.27. The summed E-state index contributed by atoms with van der Waals surface area (Å²) >= 11 is 0. The summed E-state index contributed by atoms with van der Waals surface area (Å²) in [5.74, 6) is -1.68. The van der Waals surface area contributed by atoms with E-state index < -0.39 is 29.3 Å². The maximum atomic E-state index is 14.8. The molecule has 0 radical (unpaired) electrons. The molecule has 1 amide bonds. The van der Waals surface area contributed by atoms with Crippen LogP contribution in [0.1, 0.15) is 27.7 Å². The first-order chi connectivity index (χ1) is 16.0. The number of amides is 1. The minimum Gasteiger partial charge on any atom is -0.503 e. The maximum Gasteiger partial charge on any atom is 0.290 e. The second kappa shape index (κ2) is 9.20. The Kier molecular flexibility index (Phi) is 6.17. The van der Waals surface area contributed by atoms with Crippen molar-refractivity contribution in [2.24, 2.45) is 0 Å². The fraction of sp³-hybridized carbons (Fsp3) is 0.200. The van der Waals surface area contributed by atoms with Crippen molar-refractivity contribution >= 4 is 11.7 Å². The number of hydrogen-bond acceptors (Lipinski definition) is 6. The number of furan rings is 1. The lowest BCUT2D eigenvalue weighted by Crippen LogP contribution is -2.33. The fourth-order valence-electron chi connectivity index (χ4n) is 3.96. The Morgan fingerprint density at radius 3 is 2.52 bits per heavy atom. The average Bonchev–Trinajstić information content (AvgIpc) is 3.45. The molecule has 4 rings (SSSR count). The predicted octanol–water partition coefficient (Wildman–Crippen LogP) is 4.26. The fourth-order valence-corrected chi connectivity index (χ4v) is 3.96. The van der Waals surface area contributed by atoms with E-state index in [0.717, 1.165) is 5.56 Å². The Balaban J connectivity index is 1.69. The number of nitrogens with zero attached hydrogens (tertiary/aromatic N) is 1. The van der Waals surface area contributed by atoms with Crippen molar-refractivity contribution in [3.05, 3.63) is 94.9 Å². The molecule has 1 aliphatic heterocycles. The van der Waals surface area contributed by atoms with Crippen LogP contribution >= 0.6 is 0 Å². The van der Waals surface area contributed by atoms with Gasteiger partial charge in [-0.15, -0.1) is 0 Å². The highest BCUT2D eigenvalue weighted by molar-refractivity contribution is 6.15. The van der Waals surface area contributed by atoms with Gasteiger partial charge in [0.05, 0.1) is 32.1 Å². The van der Waals surface area contributed by atoms with Gasteiger partial charge in [0.15, 0.2) is 23.0 Å². The van der Waals surface area contributed by atoms with Crippen molar-refractivity contribution in [1.29, 1.82) is 0 Å². The average molecular weight is 451 g/mol. The van der Waals surface area contributed by atoms with Gasteiger partial charge in [-0.1, -0.05) is 24.3 Å². The molecule has 33 heavy (non-hydrogen) atoms. The van der Waals surface area contributed by atoms with Gasteiger partial charge in [-0.2, -0.15) is 0 Å². The van der Waals surface area contributed by atoms with Gasteiger partial charge in [-0.05, 0) is 42.3 Å². The molecule has 1 aliphatic rings. The SMILES string of the molecule is COc1ccc(CCN2C(=O)C(O)=C(C(=O)c3ccco3)C2c2ccccc2F)cc1OC. The summed E-state index contributed by atoms with van der Waals surface area (Å²) in [7, 11) is 3.06. The third-order valence-electron chi connectivity index (χ3n) is 5.58. The number of methoxy groups -OCH3 is 2. The lowest BCUT2D eigenvalue weighted by molar-refractivity contribution is -0.129. The number of Topliss-reactive ketones (excluding diaryl/α,β-unsaturated/α-hetero) is 1. The molecule has 8 heteroatoms. The van der Waals surface area contributed by atoms with Crippen LogP contribution in [0.4, 0.5) is 4.39 Å². The number of aliphatic hydroxyl groups is 1. The summed E-state index contributed by atoms with van der Waals surface area (Å²) in [5.41, 5.74) is 0.725.